The van der Waals surface area contributed by atoms with Crippen LogP contribution in [0.1, 0.15) is 33.3 Å². The summed E-state index contributed by atoms with van der Waals surface area (Å²) >= 11 is 13.0. The number of carbonyl (C=O) groups excluding carboxylic acids is 2. The summed E-state index contributed by atoms with van der Waals surface area (Å²) in [5, 5.41) is 25.3. The van der Waals surface area contributed by atoms with E-state index in [9.17, 15) is 14.0 Å². The van der Waals surface area contributed by atoms with Gasteiger partial charge in [-0.3, -0.25) is 24.0 Å². The molecule has 21 heteroatoms. The Morgan fingerprint density at radius 2 is 1.44 bits per heavy atom. The summed E-state index contributed by atoms with van der Waals surface area (Å²) in [4.78, 5) is 43.7. The summed E-state index contributed by atoms with van der Waals surface area (Å²) in [5.41, 5.74) is 6.35. The third-order valence-corrected chi connectivity index (χ3v) is 10.7. The number of ether oxygens (including phenoxy) is 1. The van der Waals surface area contributed by atoms with E-state index in [1.807, 2.05) is 41.9 Å². The summed E-state index contributed by atoms with van der Waals surface area (Å²) in [6, 6.07) is 16.8. The number of pyridine rings is 2. The van der Waals surface area contributed by atoms with Crippen molar-refractivity contribution < 1.29 is 23.6 Å². The number of aromatic nitrogens is 6. The SMILES string of the molecule is CCn1nccc1Nc1cc(Nc2ccc(N3CCN(CCOCc4cc(Nc5cc(Nc6ccc(F)cc6C(=O)NOC)c(Cl)cn5)n(C)n4)CC3)cc2C(=O)NC)c(Cl)cn1. The van der Waals surface area contributed by atoms with Gasteiger partial charge in [-0.15, -0.1) is 0 Å². The first kappa shape index (κ1) is 44.5. The van der Waals surface area contributed by atoms with Crippen molar-refractivity contribution in [3.05, 3.63) is 112 Å². The number of halogens is 3. The van der Waals surface area contributed by atoms with Crippen molar-refractivity contribution in [2.24, 2.45) is 7.05 Å². The first-order valence-corrected chi connectivity index (χ1v) is 20.7. The second kappa shape index (κ2) is 20.6. The zero-order chi connectivity index (χ0) is 44.5. The van der Waals surface area contributed by atoms with E-state index in [1.54, 1.807) is 43.3 Å². The van der Waals surface area contributed by atoms with Crippen LogP contribution in [0.3, 0.4) is 0 Å². The fraction of sp³-hybridized carbons (Fsp3) is 0.286. The Morgan fingerprint density at radius 1 is 0.794 bits per heavy atom. The van der Waals surface area contributed by atoms with E-state index < -0.39 is 11.7 Å². The lowest BCUT2D eigenvalue weighted by Crippen LogP contribution is -2.47. The highest BCUT2D eigenvalue weighted by Gasteiger charge is 2.21. The van der Waals surface area contributed by atoms with Crippen molar-refractivity contribution in [1.29, 1.82) is 0 Å². The van der Waals surface area contributed by atoms with Crippen molar-refractivity contribution >= 4 is 86.7 Å². The van der Waals surface area contributed by atoms with Crippen molar-refractivity contribution in [2.75, 3.05) is 79.7 Å². The molecule has 4 aromatic heterocycles. The van der Waals surface area contributed by atoms with E-state index in [0.717, 1.165) is 56.0 Å². The average Bonchev–Trinajstić information content (AvgIpc) is 3.89. The second-order valence-electron chi connectivity index (χ2n) is 14.3. The summed E-state index contributed by atoms with van der Waals surface area (Å²) in [6.45, 7) is 7.47. The molecule has 0 spiro atoms. The van der Waals surface area contributed by atoms with Gasteiger partial charge in [-0.1, -0.05) is 23.2 Å². The third-order valence-electron chi connectivity index (χ3n) is 10.1. The molecule has 2 amide bonds. The van der Waals surface area contributed by atoms with E-state index in [4.69, 9.17) is 32.8 Å². The van der Waals surface area contributed by atoms with Crippen LogP contribution in [0.2, 0.25) is 10.0 Å². The third kappa shape index (κ3) is 11.1. The number of hydrogen-bond acceptors (Lipinski definition) is 14. The Labute approximate surface area is 373 Å². The van der Waals surface area contributed by atoms with Crippen LogP contribution >= 0.6 is 23.2 Å². The maximum absolute atomic E-state index is 14.0. The molecule has 1 aliphatic heterocycles. The molecule has 330 valence electrons. The molecular weight excluding hydrogens is 854 g/mol. The molecule has 1 aliphatic rings. The Kier molecular flexibility index (Phi) is 14.5. The van der Waals surface area contributed by atoms with Gasteiger partial charge in [0.25, 0.3) is 11.8 Å². The molecule has 0 saturated carbocycles. The largest absolute Gasteiger partial charge is 0.374 e. The fourth-order valence-corrected chi connectivity index (χ4v) is 7.19. The molecule has 18 nitrogen and oxygen atoms in total. The van der Waals surface area contributed by atoms with Gasteiger partial charge in [0.15, 0.2) is 0 Å². The number of nitrogens with zero attached hydrogens (tertiary/aromatic N) is 8. The Morgan fingerprint density at radius 3 is 2.10 bits per heavy atom. The average molecular weight is 902 g/mol. The highest BCUT2D eigenvalue weighted by molar-refractivity contribution is 6.33. The fourth-order valence-electron chi connectivity index (χ4n) is 6.88. The first-order valence-electron chi connectivity index (χ1n) is 20.0. The summed E-state index contributed by atoms with van der Waals surface area (Å²) in [5.74, 6) is 1.06. The van der Waals surface area contributed by atoms with E-state index in [2.05, 4.69) is 62.0 Å². The van der Waals surface area contributed by atoms with Crippen LogP contribution in [0.5, 0.6) is 0 Å². The number of piperazine rings is 1. The Balaban J connectivity index is 0.897. The van der Waals surface area contributed by atoms with Gasteiger partial charge in [-0.2, -0.15) is 10.2 Å². The number of anilines is 9. The molecule has 0 aliphatic carbocycles. The standard InChI is InChI=1S/C42H47Cl2FN14O4/c1-5-59-39(10-11-49-59)52-37-21-35(31(43)23-47-37)51-34-9-7-28(20-30(34)41(60)46-2)58-14-12-57(13-15-58)16-17-63-25-27-19-40(56(3)54-27)53-38-22-36(32(44)24-48-38)50-33-8-6-26(45)18-29(33)42(61)55-62-4/h6-11,18-24H,5,12-17,25H2,1-4H3,(H,46,60)(H,55,61)(H2,47,51,52)(H2,48,50,53). The lowest BCUT2D eigenvalue weighted by atomic mass is 10.1. The maximum atomic E-state index is 14.0. The van der Waals surface area contributed by atoms with Gasteiger partial charge < -0.3 is 36.2 Å². The van der Waals surface area contributed by atoms with Crippen molar-refractivity contribution in [2.45, 2.75) is 20.1 Å². The molecule has 0 unspecified atom stereocenters. The van der Waals surface area contributed by atoms with Crippen molar-refractivity contribution in [3.63, 3.8) is 0 Å². The molecule has 7 rings (SSSR count). The van der Waals surface area contributed by atoms with Gasteiger partial charge in [0.05, 0.1) is 88.5 Å². The Bertz CT molecular complexity index is 2560. The number of carbonyl (C=O) groups is 2. The minimum absolute atomic E-state index is 0.0281. The summed E-state index contributed by atoms with van der Waals surface area (Å²) < 4.78 is 23.5. The van der Waals surface area contributed by atoms with Crippen LogP contribution in [0.15, 0.2) is 79.3 Å². The monoisotopic (exact) mass is 900 g/mol. The van der Waals surface area contributed by atoms with Gasteiger partial charge in [0.2, 0.25) is 0 Å². The van der Waals surface area contributed by atoms with Crippen LogP contribution in [0.4, 0.5) is 56.1 Å². The normalized spacial score (nSPS) is 12.8. The van der Waals surface area contributed by atoms with Gasteiger partial charge in [0.1, 0.15) is 29.1 Å². The number of aryl methyl sites for hydroxylation is 2. The molecule has 6 aromatic rings. The highest BCUT2D eigenvalue weighted by atomic mass is 35.5. The van der Waals surface area contributed by atoms with Crippen LogP contribution < -0.4 is 37.0 Å². The number of amides is 2. The molecule has 0 bridgehead atoms. The molecule has 0 radical (unpaired) electrons. The van der Waals surface area contributed by atoms with Crippen molar-refractivity contribution in [3.8, 4) is 0 Å². The number of hydrogen-bond donors (Lipinski definition) is 6. The topological polar surface area (TPSA) is 193 Å². The number of rotatable bonds is 18. The molecule has 2 aromatic carbocycles. The van der Waals surface area contributed by atoms with Crippen LogP contribution in [0.25, 0.3) is 0 Å². The smallest absolute Gasteiger partial charge is 0.277 e. The van der Waals surface area contributed by atoms with E-state index in [-0.39, 0.29) is 16.5 Å². The number of nitrogens with one attached hydrogen (secondary N) is 6. The number of benzene rings is 2. The highest BCUT2D eigenvalue weighted by Crippen LogP contribution is 2.33. The number of hydroxylamine groups is 1. The lowest BCUT2D eigenvalue weighted by molar-refractivity contribution is 0.0538. The molecule has 1 fully saturated rings. The molecule has 63 heavy (non-hydrogen) atoms. The summed E-state index contributed by atoms with van der Waals surface area (Å²) in [7, 11) is 4.70. The maximum Gasteiger partial charge on any atom is 0.277 e. The first-order chi connectivity index (χ1) is 30.5. The quantitative estimate of drug-likeness (QED) is 0.0388. The second-order valence-corrected chi connectivity index (χ2v) is 15.1. The van der Waals surface area contributed by atoms with Crippen LogP contribution in [0, 0.1) is 5.82 Å². The van der Waals surface area contributed by atoms with Gasteiger partial charge in [-0.25, -0.2) is 24.5 Å². The minimum Gasteiger partial charge on any atom is -0.374 e. The van der Waals surface area contributed by atoms with E-state index >= 15 is 0 Å². The summed E-state index contributed by atoms with van der Waals surface area (Å²) in [6.07, 6.45) is 4.74. The Hall–Kier alpha value is -6.51. The van der Waals surface area contributed by atoms with Crippen LogP contribution in [-0.2, 0) is 29.8 Å². The van der Waals surface area contributed by atoms with Crippen molar-refractivity contribution in [1.82, 2.24) is 45.2 Å². The van der Waals surface area contributed by atoms with Gasteiger partial charge in [-0.05, 0) is 43.3 Å². The zero-order valence-corrected chi connectivity index (χ0v) is 36.5. The molecule has 0 atom stereocenters. The van der Waals surface area contributed by atoms with Gasteiger partial charge in [0, 0.05) is 83.3 Å². The zero-order valence-electron chi connectivity index (χ0n) is 35.0. The van der Waals surface area contributed by atoms with E-state index in [0.29, 0.717) is 70.5 Å². The molecule has 6 N–H and O–H groups in total. The van der Waals surface area contributed by atoms with Crippen LogP contribution in [-0.4, -0.2) is 99.7 Å². The molecule has 5 heterocycles. The predicted molar refractivity (Wildman–Crippen MR) is 242 cm³/mol. The molecule has 1 saturated heterocycles. The van der Waals surface area contributed by atoms with E-state index in [1.165, 1.54) is 25.4 Å². The lowest BCUT2D eigenvalue weighted by Gasteiger charge is -2.36. The van der Waals surface area contributed by atoms with Gasteiger partial charge >= 0.3 is 0 Å². The molecular formula is C42H47Cl2FN14O4. The minimum atomic E-state index is -0.629. The predicted octanol–water partition coefficient (Wildman–Crippen LogP) is 6.84.